The number of carbonyl (C=O) groups is 1. The molecule has 3 N–H and O–H groups in total. The molecule has 0 aliphatic heterocycles. The van der Waals surface area contributed by atoms with Crippen LogP contribution in [0.4, 0.5) is 0 Å². The lowest BCUT2D eigenvalue weighted by Gasteiger charge is -1.73. The number of nitrogens with two attached hydrogens (primary N) is 1. The maximum Gasteiger partial charge on any atom is 0.317 e. The molecule has 0 aromatic heterocycles. The molecule has 0 unspecified atom stereocenters. The zero-order valence-electron chi connectivity index (χ0n) is 4.05. The second kappa shape index (κ2) is 9.30. The Morgan fingerprint density at radius 2 is 2.00 bits per heavy atom. The Kier molecular flexibility index (Phi) is 11.6. The molecule has 0 aromatic rings. The summed E-state index contributed by atoms with van der Waals surface area (Å²) in [7, 11) is 0. The molecule has 0 saturated heterocycles. The summed E-state index contributed by atoms with van der Waals surface area (Å²) in [5.74, 6) is -0.218. The van der Waals surface area contributed by atoms with Crippen molar-refractivity contribution in [3.8, 4) is 0 Å². The van der Waals surface area contributed by atoms with E-state index in [1.165, 1.54) is 0 Å². The summed E-state index contributed by atoms with van der Waals surface area (Å²) in [5.41, 5.74) is 4.57. The summed E-state index contributed by atoms with van der Waals surface area (Å²) in [6.07, 6.45) is 0. The number of hydrogen-bond acceptors (Lipinski definition) is 3. The molecule has 0 fully saturated rings. The maximum absolute atomic E-state index is 9.24. The predicted octanol–water partition coefficient (Wildman–Crippen LogP) is -1.29. The van der Waals surface area contributed by atoms with Gasteiger partial charge in [0.1, 0.15) is 5.94 Å². The van der Waals surface area contributed by atoms with Gasteiger partial charge >= 0.3 is 5.97 Å². The highest BCUT2D eigenvalue weighted by Gasteiger charge is 1.81. The fourth-order valence-electron chi connectivity index (χ4n) is 0. The van der Waals surface area contributed by atoms with Crippen LogP contribution >= 0.6 is 0 Å². The fourth-order valence-corrected chi connectivity index (χ4v) is 0. The topological polar surface area (TPSA) is 80.4 Å². The summed E-state index contributed by atoms with van der Waals surface area (Å²) >= 11 is 0. The molecule has 4 nitrogen and oxygen atoms in total. The molecule has 0 spiro atoms. The Balaban J connectivity index is 0. The van der Waals surface area contributed by atoms with Crippen LogP contribution in [0.2, 0.25) is 0 Å². The van der Waals surface area contributed by atoms with Crippen molar-refractivity contribution in [2.24, 2.45) is 5.73 Å². The number of carbonyl (C=O) groups excluding carboxylic acids is 1. The molecule has 0 heterocycles. The maximum atomic E-state index is 9.24. The van der Waals surface area contributed by atoms with Crippen LogP contribution in [0.25, 0.3) is 0 Å². The molecule has 0 aliphatic carbocycles. The van der Waals surface area contributed by atoms with Gasteiger partial charge in [-0.15, -0.1) is 0 Å². The van der Waals surface area contributed by atoms with Gasteiger partial charge in [-0.3, -0.25) is 4.79 Å². The minimum Gasteiger partial charge on any atom is -0.480 e. The zero-order chi connectivity index (χ0) is 6.99. The van der Waals surface area contributed by atoms with Crippen LogP contribution in [0, 0.1) is 6.58 Å². The van der Waals surface area contributed by atoms with Gasteiger partial charge in [0.25, 0.3) is 0 Å². The molecule has 44 valence electrons. The highest BCUT2D eigenvalue weighted by atomic mass is 16.4. The monoisotopic (exact) mass is 115 g/mol. The molecule has 0 rings (SSSR count). The van der Waals surface area contributed by atoms with E-state index in [1.807, 2.05) is 0 Å². The quantitative estimate of drug-likeness (QED) is 0.417. The van der Waals surface area contributed by atoms with Crippen molar-refractivity contribution >= 4 is 11.9 Å². The number of carboxylic acids is 1. The van der Waals surface area contributed by atoms with Crippen molar-refractivity contribution in [1.82, 2.24) is 0 Å². The molecular formula is C4H5NO3. The second-order valence-electron chi connectivity index (χ2n) is 0.700. The van der Waals surface area contributed by atoms with E-state index in [4.69, 9.17) is 16.5 Å². The lowest BCUT2D eigenvalue weighted by Crippen LogP contribution is -2.10. The van der Waals surface area contributed by atoms with E-state index >= 15 is 0 Å². The van der Waals surface area contributed by atoms with Crippen LogP contribution < -0.4 is 5.73 Å². The molecule has 0 saturated carbocycles. The first-order valence-electron chi connectivity index (χ1n) is 1.64. The van der Waals surface area contributed by atoms with Crippen LogP contribution in [-0.2, 0) is 9.59 Å². The summed E-state index contributed by atoms with van der Waals surface area (Å²) in [4.78, 5) is 17.6. The van der Waals surface area contributed by atoms with Gasteiger partial charge in [0.2, 0.25) is 0 Å². The number of aliphatic carboxylic acids is 1. The van der Waals surface area contributed by atoms with E-state index in [1.54, 1.807) is 0 Å². The Morgan fingerprint density at radius 1 is 1.88 bits per heavy atom. The van der Waals surface area contributed by atoms with Crippen molar-refractivity contribution in [1.29, 1.82) is 0 Å². The predicted molar refractivity (Wildman–Crippen MR) is 25.6 cm³/mol. The molecule has 0 atom stereocenters. The minimum atomic E-state index is -0.968. The molecule has 0 aliphatic rings. The van der Waals surface area contributed by atoms with Crippen LogP contribution in [0.15, 0.2) is 0 Å². The lowest BCUT2D eigenvalue weighted by atomic mass is 10.7. The first-order chi connectivity index (χ1) is 3.68. The van der Waals surface area contributed by atoms with Crippen LogP contribution in [0.5, 0.6) is 0 Å². The van der Waals surface area contributed by atoms with Crippen molar-refractivity contribution in [2.45, 2.75) is 0 Å². The molecule has 4 heteroatoms. The SMILES string of the molecule is NCC(=O)O.[C]=C=O. The summed E-state index contributed by atoms with van der Waals surface area (Å²) in [6.45, 7) is 5.12. The van der Waals surface area contributed by atoms with E-state index in [-0.39, 0.29) is 6.54 Å². The highest BCUT2D eigenvalue weighted by molar-refractivity contribution is 5.68. The number of carboxylic acid groups (broad SMARTS) is 1. The molecule has 0 aromatic carbocycles. The van der Waals surface area contributed by atoms with E-state index in [9.17, 15) is 4.79 Å². The van der Waals surface area contributed by atoms with Gasteiger partial charge in [-0.25, -0.2) is 4.79 Å². The minimum absolute atomic E-state index is 0.278. The third-order valence-corrected chi connectivity index (χ3v) is 0.175. The van der Waals surface area contributed by atoms with E-state index in [0.29, 0.717) is 0 Å². The van der Waals surface area contributed by atoms with E-state index < -0.39 is 5.97 Å². The van der Waals surface area contributed by atoms with Gasteiger partial charge in [-0.05, 0) is 0 Å². The normalized spacial score (nSPS) is 5.62. The van der Waals surface area contributed by atoms with E-state index in [2.05, 4.69) is 5.73 Å². The summed E-state index contributed by atoms with van der Waals surface area (Å²) in [5, 5.41) is 7.60. The summed E-state index contributed by atoms with van der Waals surface area (Å²) < 4.78 is 0. The number of rotatable bonds is 1. The van der Waals surface area contributed by atoms with Crippen molar-refractivity contribution < 1.29 is 14.7 Å². The van der Waals surface area contributed by atoms with Crippen LogP contribution in [0.3, 0.4) is 0 Å². The average molecular weight is 115 g/mol. The third kappa shape index (κ3) is 94.9. The molecular weight excluding hydrogens is 110 g/mol. The largest absolute Gasteiger partial charge is 0.480 e. The molecule has 0 amide bonds. The first kappa shape index (κ1) is 9.99. The Hall–Kier alpha value is -1.12. The van der Waals surface area contributed by atoms with Gasteiger partial charge < -0.3 is 10.8 Å². The van der Waals surface area contributed by atoms with Gasteiger partial charge in [-0.1, -0.05) is 0 Å². The molecule has 2 radical (unpaired) electrons. The van der Waals surface area contributed by atoms with E-state index in [0.717, 1.165) is 5.94 Å². The zero-order valence-corrected chi connectivity index (χ0v) is 4.05. The van der Waals surface area contributed by atoms with Gasteiger partial charge in [0, 0.05) is 0 Å². The first-order valence-corrected chi connectivity index (χ1v) is 1.64. The summed E-state index contributed by atoms with van der Waals surface area (Å²) in [6, 6.07) is 0. The standard InChI is InChI=1S/C2H5NO2.C2O/c3-1-2(4)5;1-2-3/h1,3H2,(H,4,5);. The van der Waals surface area contributed by atoms with Gasteiger partial charge in [0.15, 0.2) is 0 Å². The van der Waals surface area contributed by atoms with Gasteiger partial charge in [0.05, 0.1) is 13.1 Å². The molecule has 0 bridgehead atoms. The second-order valence-corrected chi connectivity index (χ2v) is 0.700. The smallest absolute Gasteiger partial charge is 0.317 e. The molecule has 8 heavy (non-hydrogen) atoms. The van der Waals surface area contributed by atoms with Crippen molar-refractivity contribution in [3.05, 3.63) is 6.58 Å². The number of hydrogen-bond donors (Lipinski definition) is 2. The fraction of sp³-hybridized carbons (Fsp3) is 0.250. The Morgan fingerprint density at radius 3 is 2.00 bits per heavy atom. The van der Waals surface area contributed by atoms with Crippen molar-refractivity contribution in [3.63, 3.8) is 0 Å². The van der Waals surface area contributed by atoms with Crippen molar-refractivity contribution in [2.75, 3.05) is 6.54 Å². The van der Waals surface area contributed by atoms with Crippen LogP contribution in [0.1, 0.15) is 0 Å². The lowest BCUT2D eigenvalue weighted by molar-refractivity contribution is -0.135. The van der Waals surface area contributed by atoms with Gasteiger partial charge in [-0.2, -0.15) is 0 Å². The Labute approximate surface area is 46.6 Å². The highest BCUT2D eigenvalue weighted by Crippen LogP contribution is 1.43. The van der Waals surface area contributed by atoms with Crippen LogP contribution in [-0.4, -0.2) is 23.6 Å². The third-order valence-electron chi connectivity index (χ3n) is 0.175. The average Bonchev–Trinajstić information content (AvgIpc) is 1.69. The Bertz CT molecular complexity index is 93.5.